The third-order valence-electron chi connectivity index (χ3n) is 5.94. The highest BCUT2D eigenvalue weighted by atomic mass is 32.1. The summed E-state index contributed by atoms with van der Waals surface area (Å²) in [6.07, 6.45) is 4.78. The maximum absolute atomic E-state index is 11.6. The van der Waals surface area contributed by atoms with E-state index in [4.69, 9.17) is 5.90 Å². The minimum Gasteiger partial charge on any atom is -0.370 e. The molecule has 1 aromatic heterocycles. The van der Waals surface area contributed by atoms with Crippen molar-refractivity contribution >= 4 is 28.1 Å². The largest absolute Gasteiger partial charge is 0.370 e. The lowest BCUT2D eigenvalue weighted by Gasteiger charge is -2.36. The number of hydrogen-bond acceptors (Lipinski definition) is 5. The molecule has 1 saturated carbocycles. The lowest BCUT2D eigenvalue weighted by molar-refractivity contribution is -0.379. The number of H-pyrrole nitrogens is 1. The van der Waals surface area contributed by atoms with Gasteiger partial charge in [0, 0.05) is 10.8 Å². The first-order valence-electron chi connectivity index (χ1n) is 9.60. The second-order valence-corrected chi connectivity index (χ2v) is 10.1. The van der Waals surface area contributed by atoms with Gasteiger partial charge < -0.3 is 4.84 Å². The van der Waals surface area contributed by atoms with E-state index in [2.05, 4.69) is 42.4 Å². The van der Waals surface area contributed by atoms with Crippen LogP contribution in [0.25, 0.3) is 0 Å². The first-order chi connectivity index (χ1) is 12.7. The summed E-state index contributed by atoms with van der Waals surface area (Å²) in [7, 11) is 0. The number of anilines is 2. The van der Waals surface area contributed by atoms with E-state index in [-0.39, 0.29) is 10.8 Å². The predicted octanol–water partition coefficient (Wildman–Crippen LogP) is 4.24. The molecule has 0 amide bonds. The van der Waals surface area contributed by atoms with Crippen LogP contribution in [0.3, 0.4) is 0 Å². The van der Waals surface area contributed by atoms with Crippen LogP contribution in [0, 0.1) is 0 Å². The van der Waals surface area contributed by atoms with E-state index in [1.165, 1.54) is 41.4 Å². The molecule has 2 aliphatic carbocycles. The number of rotatable bonds is 4. The van der Waals surface area contributed by atoms with Gasteiger partial charge in [-0.1, -0.05) is 39.0 Å². The molecule has 0 atom stereocenters. The van der Waals surface area contributed by atoms with Gasteiger partial charge in [0.05, 0.1) is 10.4 Å². The quantitative estimate of drug-likeness (QED) is 0.798. The van der Waals surface area contributed by atoms with Crippen LogP contribution in [0.1, 0.15) is 74.3 Å². The molecule has 0 aliphatic heterocycles. The third-order valence-corrected chi connectivity index (χ3v) is 7.40. The topological polar surface area (TPSA) is 69.7 Å². The summed E-state index contributed by atoms with van der Waals surface area (Å²) in [5, 5.41) is 1.19. The molecule has 2 aliphatic rings. The average molecular weight is 387 g/mol. The molecule has 5 nitrogen and oxygen atoms in total. The fraction of sp³-hybridized carbons (Fsp3) is 0.524. The molecule has 1 heterocycles. The highest BCUT2D eigenvalue weighted by Crippen LogP contribution is 2.49. The lowest BCUT2D eigenvalue weighted by atomic mass is 9.69. The second kappa shape index (κ2) is 6.31. The van der Waals surface area contributed by atoms with Crippen molar-refractivity contribution in [2.75, 3.05) is 4.90 Å². The van der Waals surface area contributed by atoms with Gasteiger partial charge in [-0.15, -0.1) is 0 Å². The van der Waals surface area contributed by atoms with Crippen molar-refractivity contribution in [2.24, 2.45) is 5.90 Å². The smallest absolute Gasteiger partial charge is 0.356 e. The van der Waals surface area contributed by atoms with E-state index in [1.54, 1.807) is 12.1 Å². The number of nitrogens with one attached hydrogen (secondary N) is 1. The Morgan fingerprint density at radius 3 is 2.33 bits per heavy atom. The van der Waals surface area contributed by atoms with Crippen LogP contribution in [0.4, 0.5) is 10.8 Å². The van der Waals surface area contributed by atoms with Crippen molar-refractivity contribution in [1.82, 2.24) is 0 Å². The van der Waals surface area contributed by atoms with E-state index in [0.717, 1.165) is 5.69 Å². The monoisotopic (exact) mass is 386 g/mol. The highest BCUT2D eigenvalue weighted by Gasteiger charge is 2.46. The van der Waals surface area contributed by atoms with Gasteiger partial charge in [0.1, 0.15) is 17.4 Å². The average Bonchev–Trinajstić information content (AvgIpc) is 3.35. The number of thiazole rings is 1. The van der Waals surface area contributed by atoms with Gasteiger partial charge in [0.15, 0.2) is 0 Å². The van der Waals surface area contributed by atoms with Gasteiger partial charge in [-0.2, -0.15) is 5.90 Å². The van der Waals surface area contributed by atoms with Crippen molar-refractivity contribution in [3.8, 4) is 0 Å². The highest BCUT2D eigenvalue weighted by molar-refractivity contribution is 7.15. The number of fused-ring (bicyclic) bond motifs is 1. The molecule has 1 fully saturated rings. The Balaban J connectivity index is 1.74. The predicted molar refractivity (Wildman–Crippen MR) is 107 cm³/mol. The fourth-order valence-corrected chi connectivity index (χ4v) is 5.42. The number of aromatic amines is 1. The van der Waals surface area contributed by atoms with Gasteiger partial charge in [-0.25, -0.2) is 14.7 Å². The summed E-state index contributed by atoms with van der Waals surface area (Å²) < 4.78 is 0. The Morgan fingerprint density at radius 1 is 1.15 bits per heavy atom. The van der Waals surface area contributed by atoms with Crippen LogP contribution >= 0.6 is 11.3 Å². The van der Waals surface area contributed by atoms with Crippen molar-refractivity contribution in [3.05, 3.63) is 40.4 Å². The third kappa shape index (κ3) is 3.25. The van der Waals surface area contributed by atoms with Gasteiger partial charge in [-0.3, -0.25) is 0 Å². The number of aromatic nitrogens is 1. The van der Waals surface area contributed by atoms with Crippen LogP contribution in [-0.2, 0) is 15.7 Å². The van der Waals surface area contributed by atoms with Crippen molar-refractivity contribution in [2.45, 2.75) is 70.3 Å². The van der Waals surface area contributed by atoms with Crippen LogP contribution in [0.15, 0.2) is 24.3 Å². The van der Waals surface area contributed by atoms with E-state index in [0.29, 0.717) is 11.6 Å². The van der Waals surface area contributed by atoms with Crippen LogP contribution < -0.4 is 15.8 Å². The molecule has 4 rings (SSSR count). The number of hydrogen-bond donors (Lipinski definition) is 1. The first kappa shape index (κ1) is 18.4. The van der Waals surface area contributed by atoms with Gasteiger partial charge in [-0.05, 0) is 49.9 Å². The summed E-state index contributed by atoms with van der Waals surface area (Å²) in [5.74, 6) is 4.48. The number of benzene rings is 1. The summed E-state index contributed by atoms with van der Waals surface area (Å²) in [6, 6.07) is 8.03. The molecule has 27 heavy (non-hydrogen) atoms. The zero-order valence-corrected chi connectivity index (χ0v) is 17.3. The molecular formula is C21H28N3O2S+. The number of carbonyl (C=O) groups is 1. The SMILES string of the molecule is CC1(C)CCC(C)(C)c2sc(N(c3ccc(C(=O)ON)cc3)C3CC3)[nH+]c21. The van der Waals surface area contributed by atoms with Gasteiger partial charge >= 0.3 is 11.1 Å². The molecule has 0 unspecified atom stereocenters. The molecule has 0 bridgehead atoms. The maximum Gasteiger partial charge on any atom is 0.356 e. The maximum atomic E-state index is 11.6. The van der Waals surface area contributed by atoms with E-state index in [1.807, 2.05) is 23.5 Å². The minimum absolute atomic E-state index is 0.170. The second-order valence-electron chi connectivity index (χ2n) is 9.06. The molecule has 3 N–H and O–H groups in total. The van der Waals surface area contributed by atoms with Gasteiger partial charge in [0.2, 0.25) is 0 Å². The molecular weight excluding hydrogens is 358 g/mol. The Kier molecular flexibility index (Phi) is 4.31. The van der Waals surface area contributed by atoms with Crippen molar-refractivity contribution < 1.29 is 14.6 Å². The standard InChI is InChI=1S/C21H27N3O2S/c1-20(2)11-12-21(3,4)17-16(20)23-19(27-17)24(15-9-10-15)14-7-5-13(6-8-14)18(25)26-22/h5-8,15H,9-12,22H2,1-4H3/p+1. The van der Waals surface area contributed by atoms with Crippen LogP contribution in [-0.4, -0.2) is 12.0 Å². The number of carbonyl (C=O) groups excluding carboxylic acids is 1. The molecule has 6 heteroatoms. The summed E-state index contributed by atoms with van der Waals surface area (Å²) >= 11 is 1.89. The van der Waals surface area contributed by atoms with Gasteiger partial charge in [0.25, 0.3) is 0 Å². The summed E-state index contributed by atoms with van der Waals surface area (Å²) in [5.41, 5.74) is 3.32. The van der Waals surface area contributed by atoms with Crippen LogP contribution in [0.2, 0.25) is 0 Å². The van der Waals surface area contributed by atoms with Crippen LogP contribution in [0.5, 0.6) is 0 Å². The zero-order chi connectivity index (χ0) is 19.4. The Bertz CT molecular complexity index is 833. The Hall–Kier alpha value is -1.92. The Labute approximate surface area is 164 Å². The fourth-order valence-electron chi connectivity index (χ4n) is 3.92. The van der Waals surface area contributed by atoms with E-state index >= 15 is 0 Å². The lowest BCUT2D eigenvalue weighted by Crippen LogP contribution is -2.37. The number of nitrogens with two attached hydrogens (primary N) is 1. The summed E-state index contributed by atoms with van der Waals surface area (Å²) in [4.78, 5) is 23.6. The molecule has 0 spiro atoms. The van der Waals surface area contributed by atoms with Crippen molar-refractivity contribution in [1.29, 1.82) is 0 Å². The molecule has 1 aromatic carbocycles. The van der Waals surface area contributed by atoms with E-state index < -0.39 is 5.97 Å². The van der Waals surface area contributed by atoms with E-state index in [9.17, 15) is 4.79 Å². The normalized spacial score (nSPS) is 20.0. The molecule has 144 valence electrons. The Morgan fingerprint density at radius 2 is 1.78 bits per heavy atom. The molecule has 0 saturated heterocycles. The molecule has 2 aromatic rings. The number of nitrogens with zero attached hydrogens (tertiary/aromatic N) is 1. The first-order valence-corrected chi connectivity index (χ1v) is 10.4. The minimum atomic E-state index is -0.513. The molecule has 0 radical (unpaired) electrons. The van der Waals surface area contributed by atoms with Crippen molar-refractivity contribution in [3.63, 3.8) is 0 Å². The summed E-state index contributed by atoms with van der Waals surface area (Å²) in [6.45, 7) is 9.37. The zero-order valence-electron chi connectivity index (χ0n) is 16.5.